The third kappa shape index (κ3) is 1.74. The Morgan fingerprint density at radius 3 is 2.94 bits per heavy atom. The normalized spacial score (nSPS) is 28.8. The molecule has 1 atom stereocenters. The van der Waals surface area contributed by atoms with Gasteiger partial charge in [-0.2, -0.15) is 0 Å². The van der Waals surface area contributed by atoms with Crippen molar-refractivity contribution in [2.45, 2.75) is 19.4 Å². The number of nitrogens with one attached hydrogen (secondary N) is 1. The Morgan fingerprint density at radius 1 is 1.62 bits per heavy atom. The minimum absolute atomic E-state index is 0.0284. The van der Waals surface area contributed by atoms with Gasteiger partial charge in [0.05, 0.1) is 12.6 Å². The molecule has 0 saturated carbocycles. The van der Waals surface area contributed by atoms with Crippen molar-refractivity contribution in [2.75, 3.05) is 13.2 Å². The molecule has 3 N–H and O–H groups in total. The first-order chi connectivity index (χ1) is 7.61. The van der Waals surface area contributed by atoms with Crippen molar-refractivity contribution < 1.29 is 9.53 Å². The first-order valence-corrected chi connectivity index (χ1v) is 5.25. The summed E-state index contributed by atoms with van der Waals surface area (Å²) in [5.74, 6) is 0.0218. The molecule has 0 aromatic rings. The molecule has 2 aliphatic rings. The zero-order valence-corrected chi connectivity index (χ0v) is 9.19. The first-order valence-electron chi connectivity index (χ1n) is 5.25. The molecule has 1 fully saturated rings. The Bertz CT molecular complexity index is 388. The van der Waals surface area contributed by atoms with Crippen LogP contribution < -0.4 is 5.73 Å². The van der Waals surface area contributed by atoms with Gasteiger partial charge in [0.1, 0.15) is 5.84 Å². The number of hydrogen-bond donors (Lipinski definition) is 2. The molecule has 2 rings (SSSR count). The van der Waals surface area contributed by atoms with Crippen molar-refractivity contribution in [3.63, 3.8) is 0 Å². The van der Waals surface area contributed by atoms with Crippen LogP contribution in [-0.2, 0) is 9.53 Å². The second-order valence-corrected chi connectivity index (χ2v) is 4.00. The Balaban J connectivity index is 2.31. The summed E-state index contributed by atoms with van der Waals surface area (Å²) in [4.78, 5) is 13.2. The molecule has 1 amide bonds. The lowest BCUT2D eigenvalue weighted by Crippen LogP contribution is -2.46. The molecule has 5 heteroatoms. The Kier molecular flexibility index (Phi) is 2.78. The summed E-state index contributed by atoms with van der Waals surface area (Å²) in [6.45, 7) is 2.87. The van der Waals surface area contributed by atoms with Crippen molar-refractivity contribution in [3.8, 4) is 0 Å². The Labute approximate surface area is 94.1 Å². The van der Waals surface area contributed by atoms with E-state index in [9.17, 15) is 4.79 Å². The van der Waals surface area contributed by atoms with Gasteiger partial charge >= 0.3 is 0 Å². The summed E-state index contributed by atoms with van der Waals surface area (Å²) in [7, 11) is 0. The SMILES string of the molecule is C/C(N)=C1\C=CC(=O)N(C2CCOC2)C1=N. The van der Waals surface area contributed by atoms with E-state index < -0.39 is 0 Å². The van der Waals surface area contributed by atoms with E-state index in [1.54, 1.807) is 13.0 Å². The molecular formula is C11H15N3O2. The third-order valence-corrected chi connectivity index (χ3v) is 2.82. The van der Waals surface area contributed by atoms with Crippen molar-refractivity contribution >= 4 is 11.7 Å². The summed E-state index contributed by atoms with van der Waals surface area (Å²) in [6.07, 6.45) is 3.84. The average molecular weight is 221 g/mol. The average Bonchev–Trinajstić information content (AvgIpc) is 2.70. The molecule has 0 bridgehead atoms. The van der Waals surface area contributed by atoms with Crippen LogP contribution in [0.15, 0.2) is 23.4 Å². The number of amidine groups is 1. The van der Waals surface area contributed by atoms with Crippen molar-refractivity contribution in [1.82, 2.24) is 4.90 Å². The highest BCUT2D eigenvalue weighted by molar-refractivity contribution is 6.14. The molecule has 1 saturated heterocycles. The molecule has 5 nitrogen and oxygen atoms in total. The maximum atomic E-state index is 11.7. The standard InChI is InChI=1S/C11H15N3O2/c1-7(12)9-2-3-10(15)14(11(9)13)8-4-5-16-6-8/h2-3,8,13H,4-6,12H2,1H3/b9-7-,13-11?. The van der Waals surface area contributed by atoms with E-state index in [1.165, 1.54) is 11.0 Å². The topological polar surface area (TPSA) is 79.4 Å². The van der Waals surface area contributed by atoms with E-state index in [2.05, 4.69) is 0 Å². The van der Waals surface area contributed by atoms with E-state index in [0.717, 1.165) is 6.42 Å². The number of nitrogens with two attached hydrogens (primary N) is 1. The van der Waals surface area contributed by atoms with Gasteiger partial charge in [-0.1, -0.05) is 0 Å². The zero-order chi connectivity index (χ0) is 11.7. The smallest absolute Gasteiger partial charge is 0.252 e. The number of nitrogens with zero attached hydrogens (tertiary/aromatic N) is 1. The van der Waals surface area contributed by atoms with Gasteiger partial charge in [-0.05, 0) is 19.4 Å². The summed E-state index contributed by atoms with van der Waals surface area (Å²) >= 11 is 0. The summed E-state index contributed by atoms with van der Waals surface area (Å²) in [5.41, 5.74) is 6.85. The summed E-state index contributed by atoms with van der Waals surface area (Å²) in [6, 6.07) is -0.0284. The van der Waals surface area contributed by atoms with Crippen molar-refractivity contribution in [1.29, 1.82) is 5.41 Å². The lowest BCUT2D eigenvalue weighted by atomic mass is 10.1. The molecule has 0 radical (unpaired) electrons. The molecule has 2 heterocycles. The monoisotopic (exact) mass is 221 g/mol. The van der Waals surface area contributed by atoms with Gasteiger partial charge in [-0.25, -0.2) is 0 Å². The maximum absolute atomic E-state index is 11.7. The maximum Gasteiger partial charge on any atom is 0.252 e. The van der Waals surface area contributed by atoms with Crippen molar-refractivity contribution in [2.24, 2.45) is 5.73 Å². The van der Waals surface area contributed by atoms with Crippen molar-refractivity contribution in [3.05, 3.63) is 23.4 Å². The van der Waals surface area contributed by atoms with E-state index in [-0.39, 0.29) is 17.8 Å². The van der Waals surface area contributed by atoms with Gasteiger partial charge in [0.2, 0.25) is 0 Å². The number of carbonyl (C=O) groups excluding carboxylic acids is 1. The van der Waals surface area contributed by atoms with E-state index >= 15 is 0 Å². The van der Waals surface area contributed by atoms with Crippen LogP contribution in [0.2, 0.25) is 0 Å². The van der Waals surface area contributed by atoms with Crippen LogP contribution in [0.5, 0.6) is 0 Å². The number of hydrogen-bond acceptors (Lipinski definition) is 4. The quantitative estimate of drug-likeness (QED) is 0.672. The Hall–Kier alpha value is -1.62. The highest BCUT2D eigenvalue weighted by atomic mass is 16.5. The second-order valence-electron chi connectivity index (χ2n) is 4.00. The van der Waals surface area contributed by atoms with Crippen LogP contribution >= 0.6 is 0 Å². The van der Waals surface area contributed by atoms with Gasteiger partial charge in [0.15, 0.2) is 0 Å². The molecule has 0 spiro atoms. The fourth-order valence-corrected chi connectivity index (χ4v) is 1.96. The van der Waals surface area contributed by atoms with Crippen LogP contribution in [0, 0.1) is 5.41 Å². The number of amides is 1. The number of carbonyl (C=O) groups is 1. The molecule has 0 aromatic carbocycles. The molecule has 1 unspecified atom stereocenters. The van der Waals surface area contributed by atoms with E-state index in [1.807, 2.05) is 0 Å². The van der Waals surface area contributed by atoms with Crippen LogP contribution in [0.3, 0.4) is 0 Å². The number of allylic oxidation sites excluding steroid dienone is 1. The predicted octanol–water partition coefficient (Wildman–Crippen LogP) is 0.384. The number of rotatable bonds is 1. The fraction of sp³-hybridized carbons (Fsp3) is 0.455. The fourth-order valence-electron chi connectivity index (χ4n) is 1.96. The first kappa shape index (κ1) is 10.9. The molecule has 0 aliphatic carbocycles. The summed E-state index contributed by atoms with van der Waals surface area (Å²) < 4.78 is 5.24. The van der Waals surface area contributed by atoms with Gasteiger partial charge < -0.3 is 10.5 Å². The van der Waals surface area contributed by atoms with Crippen LogP contribution in [0.1, 0.15) is 13.3 Å². The highest BCUT2D eigenvalue weighted by Crippen LogP contribution is 2.21. The van der Waals surface area contributed by atoms with Gasteiger partial charge in [0.25, 0.3) is 5.91 Å². The molecule has 86 valence electrons. The largest absolute Gasteiger partial charge is 0.402 e. The van der Waals surface area contributed by atoms with Gasteiger partial charge in [-0.15, -0.1) is 0 Å². The minimum atomic E-state index is -0.162. The minimum Gasteiger partial charge on any atom is -0.402 e. The summed E-state index contributed by atoms with van der Waals surface area (Å²) in [5, 5.41) is 7.99. The van der Waals surface area contributed by atoms with Crippen LogP contribution in [0.4, 0.5) is 0 Å². The Morgan fingerprint density at radius 2 is 2.38 bits per heavy atom. The van der Waals surface area contributed by atoms with Crippen LogP contribution in [0.25, 0.3) is 0 Å². The molecule has 2 aliphatic heterocycles. The van der Waals surface area contributed by atoms with Gasteiger partial charge in [-0.3, -0.25) is 15.1 Å². The lowest BCUT2D eigenvalue weighted by Gasteiger charge is -2.30. The predicted molar refractivity (Wildman–Crippen MR) is 59.8 cm³/mol. The molecular weight excluding hydrogens is 206 g/mol. The van der Waals surface area contributed by atoms with Crippen LogP contribution in [-0.4, -0.2) is 35.9 Å². The van der Waals surface area contributed by atoms with Gasteiger partial charge in [0, 0.05) is 24.0 Å². The highest BCUT2D eigenvalue weighted by Gasteiger charge is 2.32. The number of ether oxygens (including phenoxy) is 1. The lowest BCUT2D eigenvalue weighted by molar-refractivity contribution is -0.124. The molecule has 16 heavy (non-hydrogen) atoms. The second kappa shape index (κ2) is 4.09. The zero-order valence-electron chi connectivity index (χ0n) is 9.19. The molecule has 0 aromatic heterocycles. The van der Waals surface area contributed by atoms with E-state index in [4.69, 9.17) is 15.9 Å². The van der Waals surface area contributed by atoms with E-state index in [0.29, 0.717) is 24.5 Å². The third-order valence-electron chi connectivity index (χ3n) is 2.82.